The molecule has 1 heterocycles. The summed E-state index contributed by atoms with van der Waals surface area (Å²) in [4.78, 5) is 30.4. The monoisotopic (exact) mass is 574 g/mol. The zero-order chi connectivity index (χ0) is 29.4. The summed E-state index contributed by atoms with van der Waals surface area (Å²) in [5.41, 5.74) is 2.25. The molecule has 0 saturated carbocycles. The van der Waals surface area contributed by atoms with E-state index in [1.54, 1.807) is 67.0 Å². The summed E-state index contributed by atoms with van der Waals surface area (Å²) in [6.45, 7) is 1.48. The lowest BCUT2D eigenvalue weighted by molar-refractivity contribution is -0.114. The molecule has 0 bridgehead atoms. The number of aryl methyl sites for hydroxylation is 1. The van der Waals surface area contributed by atoms with Crippen LogP contribution in [0.15, 0.2) is 96.2 Å². The average Bonchev–Trinajstić information content (AvgIpc) is 2.99. The molecule has 0 aliphatic heterocycles. The minimum atomic E-state index is -4.23. The van der Waals surface area contributed by atoms with E-state index in [1.807, 2.05) is 13.0 Å². The van der Waals surface area contributed by atoms with Gasteiger partial charge in [0.15, 0.2) is 0 Å². The highest BCUT2D eigenvalue weighted by Gasteiger charge is 2.30. The number of anilines is 2. The summed E-state index contributed by atoms with van der Waals surface area (Å²) in [6, 6.07) is 21.0. The largest absolute Gasteiger partial charge is 0.497 e. The fraction of sp³-hybridized carbons (Fsp3) is 0.167. The van der Waals surface area contributed by atoms with Crippen LogP contribution in [0, 0.1) is 6.92 Å². The lowest BCUT2D eigenvalue weighted by atomic mass is 10.1. The van der Waals surface area contributed by atoms with Gasteiger partial charge in [-0.3, -0.25) is 18.9 Å². The van der Waals surface area contributed by atoms with Crippen molar-refractivity contribution in [1.82, 2.24) is 10.3 Å². The molecule has 41 heavy (non-hydrogen) atoms. The molecule has 0 unspecified atom stereocenters. The first-order chi connectivity index (χ1) is 19.7. The molecule has 4 aromatic rings. The lowest BCUT2D eigenvalue weighted by Crippen LogP contribution is -2.38. The molecule has 3 aromatic carbocycles. The van der Waals surface area contributed by atoms with Gasteiger partial charge >= 0.3 is 0 Å². The minimum absolute atomic E-state index is 0.00375. The van der Waals surface area contributed by atoms with Crippen molar-refractivity contribution in [3.63, 3.8) is 0 Å². The van der Waals surface area contributed by atoms with Gasteiger partial charge in [-0.1, -0.05) is 35.9 Å². The number of nitrogens with zero attached hydrogens (tertiary/aromatic N) is 2. The molecule has 0 atom stereocenters. The fourth-order valence-corrected chi connectivity index (χ4v) is 5.44. The number of sulfonamides is 1. The van der Waals surface area contributed by atoms with Crippen LogP contribution in [-0.4, -0.2) is 46.0 Å². The van der Waals surface area contributed by atoms with Gasteiger partial charge in [0.2, 0.25) is 5.91 Å². The Labute approximate surface area is 239 Å². The molecule has 212 valence electrons. The van der Waals surface area contributed by atoms with Crippen LogP contribution in [0.5, 0.6) is 11.5 Å². The number of aromatic nitrogens is 1. The lowest BCUT2D eigenvalue weighted by Gasteiger charge is -2.26. The van der Waals surface area contributed by atoms with Crippen molar-refractivity contribution in [2.24, 2.45) is 0 Å². The van der Waals surface area contributed by atoms with E-state index in [0.717, 1.165) is 15.4 Å². The second-order valence-electron chi connectivity index (χ2n) is 9.00. The van der Waals surface area contributed by atoms with Gasteiger partial charge in [-0.2, -0.15) is 0 Å². The summed E-state index contributed by atoms with van der Waals surface area (Å²) in [5, 5.41) is 5.50. The standard InChI is InChI=1S/C30H30N4O6S/c1-21-10-13-24(14-11-21)41(37,38)34(27-17-23(39-2)12-15-28(27)40-3)20-29(35)33-26-9-5-4-8-25(26)30(36)32-19-22-7-6-16-31-18-22/h4-18H,19-20H2,1-3H3,(H,32,36)(H,33,35). The van der Waals surface area contributed by atoms with Crippen LogP contribution >= 0.6 is 0 Å². The third-order valence-electron chi connectivity index (χ3n) is 6.17. The quantitative estimate of drug-likeness (QED) is 0.275. The Hall–Kier alpha value is -4.90. The van der Waals surface area contributed by atoms with Crippen molar-refractivity contribution in [1.29, 1.82) is 0 Å². The maximum atomic E-state index is 13.9. The molecule has 0 aliphatic carbocycles. The Kier molecular flexibility index (Phi) is 9.20. The maximum absolute atomic E-state index is 13.9. The van der Waals surface area contributed by atoms with Crippen LogP contribution < -0.4 is 24.4 Å². The van der Waals surface area contributed by atoms with Gasteiger partial charge in [0.25, 0.3) is 15.9 Å². The van der Waals surface area contributed by atoms with Crippen LogP contribution in [-0.2, 0) is 21.4 Å². The Bertz CT molecular complexity index is 1630. The predicted octanol–water partition coefficient (Wildman–Crippen LogP) is 4.17. The number of para-hydroxylation sites is 1. The molecule has 4 rings (SSSR count). The number of hydrogen-bond acceptors (Lipinski definition) is 7. The molecule has 0 saturated heterocycles. The van der Waals surface area contributed by atoms with Gasteiger partial charge in [-0.05, 0) is 55.0 Å². The molecule has 2 amide bonds. The van der Waals surface area contributed by atoms with E-state index in [0.29, 0.717) is 5.75 Å². The third kappa shape index (κ3) is 7.00. The highest BCUT2D eigenvalue weighted by molar-refractivity contribution is 7.92. The Morgan fingerprint density at radius 2 is 1.68 bits per heavy atom. The highest BCUT2D eigenvalue weighted by Crippen LogP contribution is 2.35. The molecule has 0 fully saturated rings. The molecule has 0 aliphatic rings. The number of hydrogen-bond donors (Lipinski definition) is 2. The van der Waals surface area contributed by atoms with E-state index < -0.39 is 28.4 Å². The van der Waals surface area contributed by atoms with E-state index in [1.165, 1.54) is 32.4 Å². The van der Waals surface area contributed by atoms with Crippen LogP contribution in [0.3, 0.4) is 0 Å². The maximum Gasteiger partial charge on any atom is 0.264 e. The molecule has 0 spiro atoms. The van der Waals surface area contributed by atoms with E-state index in [2.05, 4.69) is 15.6 Å². The van der Waals surface area contributed by atoms with Gasteiger partial charge in [-0.25, -0.2) is 8.42 Å². The Morgan fingerprint density at radius 3 is 2.37 bits per heavy atom. The minimum Gasteiger partial charge on any atom is -0.497 e. The first-order valence-corrected chi connectivity index (χ1v) is 14.0. The molecule has 1 aromatic heterocycles. The SMILES string of the molecule is COc1ccc(OC)c(N(CC(=O)Nc2ccccc2C(=O)NCc2cccnc2)S(=O)(=O)c2ccc(C)cc2)c1. The topological polar surface area (TPSA) is 127 Å². The normalized spacial score (nSPS) is 10.9. The number of carbonyl (C=O) groups excluding carboxylic acids is 2. The fourth-order valence-electron chi connectivity index (χ4n) is 4.02. The first-order valence-electron chi connectivity index (χ1n) is 12.6. The van der Waals surface area contributed by atoms with Gasteiger partial charge in [0, 0.05) is 25.0 Å². The first kappa shape index (κ1) is 29.1. The number of methoxy groups -OCH3 is 2. The molecular weight excluding hydrogens is 544 g/mol. The number of nitrogens with one attached hydrogen (secondary N) is 2. The molecule has 10 nitrogen and oxygen atoms in total. The number of ether oxygens (including phenoxy) is 2. The van der Waals surface area contributed by atoms with Gasteiger partial charge in [0.1, 0.15) is 18.0 Å². The number of benzene rings is 3. The highest BCUT2D eigenvalue weighted by atomic mass is 32.2. The van der Waals surface area contributed by atoms with E-state index >= 15 is 0 Å². The average molecular weight is 575 g/mol. The molecule has 0 radical (unpaired) electrons. The second kappa shape index (κ2) is 13.0. The third-order valence-corrected chi connectivity index (χ3v) is 7.95. The number of carbonyl (C=O) groups is 2. The Balaban J connectivity index is 1.63. The summed E-state index contributed by atoms with van der Waals surface area (Å²) >= 11 is 0. The Morgan fingerprint density at radius 1 is 0.927 bits per heavy atom. The zero-order valence-corrected chi connectivity index (χ0v) is 23.6. The van der Waals surface area contributed by atoms with Crippen molar-refractivity contribution in [2.75, 3.05) is 30.4 Å². The van der Waals surface area contributed by atoms with Gasteiger partial charge in [-0.15, -0.1) is 0 Å². The zero-order valence-electron chi connectivity index (χ0n) is 22.8. The number of pyridine rings is 1. The van der Waals surface area contributed by atoms with Crippen molar-refractivity contribution >= 4 is 33.2 Å². The molecular formula is C30H30N4O6S. The predicted molar refractivity (Wildman–Crippen MR) is 156 cm³/mol. The summed E-state index contributed by atoms with van der Waals surface area (Å²) in [6.07, 6.45) is 3.28. The molecule has 11 heteroatoms. The van der Waals surface area contributed by atoms with Crippen molar-refractivity contribution in [3.05, 3.63) is 108 Å². The van der Waals surface area contributed by atoms with Crippen molar-refractivity contribution < 1.29 is 27.5 Å². The van der Waals surface area contributed by atoms with Crippen molar-refractivity contribution in [3.8, 4) is 11.5 Å². The smallest absolute Gasteiger partial charge is 0.264 e. The summed E-state index contributed by atoms with van der Waals surface area (Å²) in [5.74, 6) is -0.480. The van der Waals surface area contributed by atoms with Crippen LogP contribution in [0.25, 0.3) is 0 Å². The van der Waals surface area contributed by atoms with E-state index in [9.17, 15) is 18.0 Å². The molecule has 2 N–H and O–H groups in total. The van der Waals surface area contributed by atoms with Gasteiger partial charge < -0.3 is 20.1 Å². The van der Waals surface area contributed by atoms with Crippen LogP contribution in [0.1, 0.15) is 21.5 Å². The van der Waals surface area contributed by atoms with Gasteiger partial charge in [0.05, 0.1) is 36.1 Å². The second-order valence-corrected chi connectivity index (χ2v) is 10.9. The van der Waals surface area contributed by atoms with Crippen LogP contribution in [0.4, 0.5) is 11.4 Å². The number of rotatable bonds is 11. The summed E-state index contributed by atoms with van der Waals surface area (Å²) in [7, 11) is -1.37. The van der Waals surface area contributed by atoms with E-state index in [4.69, 9.17) is 9.47 Å². The summed E-state index contributed by atoms with van der Waals surface area (Å²) < 4.78 is 39.5. The number of amides is 2. The van der Waals surface area contributed by atoms with Crippen LogP contribution in [0.2, 0.25) is 0 Å². The van der Waals surface area contributed by atoms with E-state index in [-0.39, 0.29) is 34.1 Å². The van der Waals surface area contributed by atoms with Crippen molar-refractivity contribution in [2.45, 2.75) is 18.4 Å².